The molecule has 3 aromatic heterocycles. The average molecular weight is 308 g/mol. The van der Waals surface area contributed by atoms with Crippen LogP contribution < -0.4 is 5.32 Å². The number of nitrogens with zero attached hydrogens (tertiary/aromatic N) is 5. The van der Waals surface area contributed by atoms with Gasteiger partial charge >= 0.3 is 0 Å². The first-order valence-electron chi connectivity index (χ1n) is 7.40. The molecule has 23 heavy (non-hydrogen) atoms. The zero-order chi connectivity index (χ0) is 15.8. The van der Waals surface area contributed by atoms with Crippen molar-refractivity contribution in [2.45, 2.75) is 13.5 Å². The number of aryl methyl sites for hydroxylation is 1. The van der Waals surface area contributed by atoms with Gasteiger partial charge in [-0.15, -0.1) is 0 Å². The van der Waals surface area contributed by atoms with Crippen molar-refractivity contribution in [1.82, 2.24) is 24.4 Å². The fourth-order valence-electron chi connectivity index (χ4n) is 2.66. The number of aliphatic hydroxyl groups is 1. The van der Waals surface area contributed by atoms with E-state index >= 15 is 0 Å². The highest BCUT2D eigenvalue weighted by atomic mass is 16.3. The van der Waals surface area contributed by atoms with Crippen LogP contribution >= 0.6 is 0 Å². The summed E-state index contributed by atoms with van der Waals surface area (Å²) < 4.78 is 3.54. The predicted octanol–water partition coefficient (Wildman–Crippen LogP) is 2.12. The number of rotatable bonds is 4. The number of hydrogen-bond donors (Lipinski definition) is 2. The molecule has 116 valence electrons. The van der Waals surface area contributed by atoms with E-state index in [0.29, 0.717) is 6.54 Å². The third-order valence-electron chi connectivity index (χ3n) is 3.65. The van der Waals surface area contributed by atoms with Crippen LogP contribution in [0.15, 0.2) is 42.7 Å². The van der Waals surface area contributed by atoms with E-state index in [0.717, 1.165) is 33.7 Å². The Morgan fingerprint density at radius 1 is 1.26 bits per heavy atom. The third kappa shape index (κ3) is 2.40. The van der Waals surface area contributed by atoms with Gasteiger partial charge in [-0.05, 0) is 19.1 Å². The van der Waals surface area contributed by atoms with Gasteiger partial charge in [-0.2, -0.15) is 10.2 Å². The van der Waals surface area contributed by atoms with Crippen LogP contribution in [0.3, 0.4) is 0 Å². The third-order valence-corrected chi connectivity index (χ3v) is 3.65. The second-order valence-corrected chi connectivity index (χ2v) is 5.37. The number of anilines is 2. The van der Waals surface area contributed by atoms with E-state index in [1.807, 2.05) is 48.0 Å². The Labute approximate surface area is 132 Å². The lowest BCUT2D eigenvalue weighted by Gasteiger charge is -2.08. The van der Waals surface area contributed by atoms with Gasteiger partial charge < -0.3 is 10.4 Å². The van der Waals surface area contributed by atoms with Crippen molar-refractivity contribution < 1.29 is 5.11 Å². The number of aliphatic hydroxyl groups excluding tert-OH is 1. The number of fused-ring (bicyclic) bond motifs is 3. The molecule has 0 aliphatic rings. The van der Waals surface area contributed by atoms with Crippen molar-refractivity contribution in [2.24, 2.45) is 0 Å². The lowest BCUT2D eigenvalue weighted by atomic mass is 10.2. The van der Waals surface area contributed by atoms with E-state index in [4.69, 9.17) is 5.11 Å². The Hall–Kier alpha value is -2.93. The van der Waals surface area contributed by atoms with E-state index < -0.39 is 0 Å². The Morgan fingerprint density at radius 2 is 2.13 bits per heavy atom. The van der Waals surface area contributed by atoms with E-state index in [1.165, 1.54) is 0 Å². The molecule has 0 aliphatic heterocycles. The smallest absolute Gasteiger partial charge is 0.158 e. The molecule has 7 nitrogen and oxygen atoms in total. The molecule has 0 fully saturated rings. The normalized spacial score (nSPS) is 11.4. The van der Waals surface area contributed by atoms with Crippen LogP contribution in [-0.2, 0) is 6.54 Å². The highest BCUT2D eigenvalue weighted by molar-refractivity contribution is 5.92. The minimum Gasteiger partial charge on any atom is -0.394 e. The molecule has 0 bridgehead atoms. The predicted molar refractivity (Wildman–Crippen MR) is 87.8 cm³/mol. The molecule has 0 unspecified atom stereocenters. The maximum Gasteiger partial charge on any atom is 0.158 e. The van der Waals surface area contributed by atoms with Crippen molar-refractivity contribution in [3.05, 3.63) is 48.4 Å². The van der Waals surface area contributed by atoms with Crippen LogP contribution in [0, 0.1) is 6.92 Å². The summed E-state index contributed by atoms with van der Waals surface area (Å²) in [4.78, 5) is 4.68. The summed E-state index contributed by atoms with van der Waals surface area (Å²) in [6.07, 6.45) is 3.57. The quantitative estimate of drug-likeness (QED) is 0.603. The van der Waals surface area contributed by atoms with Crippen molar-refractivity contribution in [3.63, 3.8) is 0 Å². The molecule has 0 spiro atoms. The molecule has 1 aromatic carbocycles. The standard InChI is InChI=1S/C16H16N6O/c1-11-8-15-19-16(18-12-9-17-21(10-12)6-7-23)13-4-2-3-5-14(13)22(15)20-11/h2-5,8-10,23H,6-7H2,1H3,(H,18,19). The lowest BCUT2D eigenvalue weighted by molar-refractivity contribution is 0.269. The van der Waals surface area contributed by atoms with Gasteiger partial charge in [-0.3, -0.25) is 4.68 Å². The maximum absolute atomic E-state index is 8.98. The molecule has 7 heteroatoms. The van der Waals surface area contributed by atoms with Gasteiger partial charge in [0.1, 0.15) is 5.82 Å². The fourth-order valence-corrected chi connectivity index (χ4v) is 2.66. The van der Waals surface area contributed by atoms with Gasteiger partial charge in [0.05, 0.1) is 36.2 Å². The number of hydrogen-bond acceptors (Lipinski definition) is 5. The molecule has 0 saturated heterocycles. The summed E-state index contributed by atoms with van der Waals surface area (Å²) in [5.41, 5.74) is 3.55. The maximum atomic E-state index is 8.98. The van der Waals surface area contributed by atoms with E-state index in [2.05, 4.69) is 20.5 Å². The van der Waals surface area contributed by atoms with Crippen molar-refractivity contribution in [3.8, 4) is 0 Å². The Bertz CT molecular complexity index is 987. The van der Waals surface area contributed by atoms with Gasteiger partial charge in [0.2, 0.25) is 0 Å². The van der Waals surface area contributed by atoms with Crippen LogP contribution in [0.25, 0.3) is 16.6 Å². The molecule has 0 radical (unpaired) electrons. The van der Waals surface area contributed by atoms with Crippen molar-refractivity contribution in [2.75, 3.05) is 11.9 Å². The van der Waals surface area contributed by atoms with E-state index in [9.17, 15) is 0 Å². The van der Waals surface area contributed by atoms with Crippen LogP contribution in [0.5, 0.6) is 0 Å². The van der Waals surface area contributed by atoms with Gasteiger partial charge in [0.25, 0.3) is 0 Å². The SMILES string of the molecule is Cc1cc2nc(Nc3cnn(CCO)c3)c3ccccc3n2n1. The monoisotopic (exact) mass is 308 g/mol. The molecule has 3 heterocycles. The molecule has 4 rings (SSSR count). The minimum atomic E-state index is 0.0589. The summed E-state index contributed by atoms with van der Waals surface area (Å²) in [5, 5.41) is 22.0. The number of aromatic nitrogens is 5. The molecule has 0 atom stereocenters. The highest BCUT2D eigenvalue weighted by Gasteiger charge is 2.10. The minimum absolute atomic E-state index is 0.0589. The van der Waals surface area contributed by atoms with Crippen LogP contribution in [0.1, 0.15) is 5.69 Å². The van der Waals surface area contributed by atoms with E-state index in [-0.39, 0.29) is 6.61 Å². The Balaban J connectivity index is 1.83. The Morgan fingerprint density at radius 3 is 3.00 bits per heavy atom. The second-order valence-electron chi connectivity index (χ2n) is 5.37. The van der Waals surface area contributed by atoms with Crippen LogP contribution in [0.2, 0.25) is 0 Å². The zero-order valence-electron chi connectivity index (χ0n) is 12.6. The Kier molecular flexibility index (Phi) is 3.20. The molecular formula is C16H16N6O. The van der Waals surface area contributed by atoms with Gasteiger partial charge in [0.15, 0.2) is 5.65 Å². The van der Waals surface area contributed by atoms with Crippen LogP contribution in [0.4, 0.5) is 11.5 Å². The number of benzene rings is 1. The fraction of sp³-hybridized carbons (Fsp3) is 0.188. The highest BCUT2D eigenvalue weighted by Crippen LogP contribution is 2.25. The number of nitrogens with one attached hydrogen (secondary N) is 1. The second kappa shape index (κ2) is 5.36. The van der Waals surface area contributed by atoms with Crippen molar-refractivity contribution >= 4 is 28.1 Å². The first-order valence-corrected chi connectivity index (χ1v) is 7.40. The number of para-hydroxylation sites is 1. The summed E-state index contributed by atoms with van der Waals surface area (Å²) in [6.45, 7) is 2.48. The van der Waals surface area contributed by atoms with Gasteiger partial charge in [0, 0.05) is 17.6 Å². The summed E-state index contributed by atoms with van der Waals surface area (Å²) >= 11 is 0. The zero-order valence-corrected chi connectivity index (χ0v) is 12.6. The van der Waals surface area contributed by atoms with Crippen LogP contribution in [-0.4, -0.2) is 36.1 Å². The molecule has 0 amide bonds. The first kappa shape index (κ1) is 13.7. The molecule has 4 aromatic rings. The van der Waals surface area contributed by atoms with E-state index in [1.54, 1.807) is 10.9 Å². The molecule has 2 N–H and O–H groups in total. The summed E-state index contributed by atoms with van der Waals surface area (Å²) in [6, 6.07) is 9.96. The van der Waals surface area contributed by atoms with Crippen molar-refractivity contribution in [1.29, 1.82) is 0 Å². The van der Waals surface area contributed by atoms with Gasteiger partial charge in [-0.1, -0.05) is 12.1 Å². The topological polar surface area (TPSA) is 80.3 Å². The lowest BCUT2D eigenvalue weighted by Crippen LogP contribution is -2.02. The largest absolute Gasteiger partial charge is 0.394 e. The summed E-state index contributed by atoms with van der Waals surface area (Å²) in [7, 11) is 0. The summed E-state index contributed by atoms with van der Waals surface area (Å²) in [5.74, 6) is 0.761. The first-order chi connectivity index (χ1) is 11.2. The molecule has 0 saturated carbocycles. The molecular weight excluding hydrogens is 292 g/mol. The molecule has 0 aliphatic carbocycles. The van der Waals surface area contributed by atoms with Gasteiger partial charge in [-0.25, -0.2) is 9.50 Å². The average Bonchev–Trinajstić information content (AvgIpc) is 3.14.